The van der Waals surface area contributed by atoms with Crippen LogP contribution in [0.4, 0.5) is 0 Å². The third-order valence-corrected chi connectivity index (χ3v) is 5.12. The first kappa shape index (κ1) is 26.7. The van der Waals surface area contributed by atoms with Gasteiger partial charge in [-0.15, -0.1) is 0 Å². The van der Waals surface area contributed by atoms with E-state index in [1.165, 1.54) is 70.6 Å². The molecule has 0 spiro atoms. The minimum absolute atomic E-state index is 0.182. The molecule has 0 aliphatic carbocycles. The third-order valence-electron chi connectivity index (χ3n) is 5.12. The molecule has 0 saturated carbocycles. The van der Waals surface area contributed by atoms with Gasteiger partial charge in [0.05, 0.1) is 6.54 Å². The van der Waals surface area contributed by atoms with E-state index in [4.69, 9.17) is 9.90 Å². The van der Waals surface area contributed by atoms with E-state index in [0.717, 1.165) is 6.54 Å². The van der Waals surface area contributed by atoms with Crippen LogP contribution in [0, 0.1) is 5.41 Å². The van der Waals surface area contributed by atoms with Crippen molar-refractivity contribution in [3.05, 3.63) is 18.7 Å². The number of nitrogens with zero attached hydrogens (tertiary/aromatic N) is 2. The Morgan fingerprint density at radius 3 is 1.82 bits per heavy atom. The second-order valence-corrected chi connectivity index (χ2v) is 9.89. The quantitative estimate of drug-likeness (QED) is 0.261. The molecule has 0 aliphatic heterocycles. The van der Waals surface area contributed by atoms with Crippen LogP contribution in [-0.2, 0) is 16.9 Å². The lowest BCUT2D eigenvalue weighted by atomic mass is 9.82. The fourth-order valence-electron chi connectivity index (χ4n) is 4.06. The lowest BCUT2D eigenvalue weighted by molar-refractivity contribution is -0.697. The number of carboxylic acid groups (broad SMARTS) is 1. The summed E-state index contributed by atoms with van der Waals surface area (Å²) in [5, 5.41) is 8.25. The van der Waals surface area contributed by atoms with Crippen molar-refractivity contribution in [1.29, 1.82) is 0 Å². The van der Waals surface area contributed by atoms with Crippen molar-refractivity contribution in [2.45, 2.75) is 124 Å². The molecule has 1 heterocycles. The molecule has 0 bridgehead atoms. The second kappa shape index (κ2) is 14.6. The molecule has 4 heteroatoms. The van der Waals surface area contributed by atoms with Gasteiger partial charge in [0, 0.05) is 6.47 Å². The molecule has 0 radical (unpaired) electrons. The molecule has 0 N–H and O–H groups in total. The summed E-state index contributed by atoms with van der Waals surface area (Å²) in [6, 6.07) is 0. The average Bonchev–Trinajstić information content (AvgIpc) is 3.05. The Labute approximate surface area is 174 Å². The first-order valence-electron chi connectivity index (χ1n) is 11.3. The van der Waals surface area contributed by atoms with Crippen molar-refractivity contribution in [2.75, 3.05) is 0 Å². The van der Waals surface area contributed by atoms with E-state index in [-0.39, 0.29) is 5.54 Å². The molecule has 164 valence electrons. The first-order valence-corrected chi connectivity index (χ1v) is 11.3. The van der Waals surface area contributed by atoms with Crippen molar-refractivity contribution >= 4 is 6.47 Å². The molecule has 0 atom stereocenters. The van der Waals surface area contributed by atoms with Crippen LogP contribution in [0.15, 0.2) is 18.7 Å². The van der Waals surface area contributed by atoms with Crippen molar-refractivity contribution in [1.82, 2.24) is 4.57 Å². The van der Waals surface area contributed by atoms with E-state index < -0.39 is 6.47 Å². The monoisotopic (exact) mass is 394 g/mol. The molecule has 0 amide bonds. The van der Waals surface area contributed by atoms with E-state index in [9.17, 15) is 0 Å². The summed E-state index contributed by atoms with van der Waals surface area (Å²) < 4.78 is 4.77. The van der Waals surface area contributed by atoms with Gasteiger partial charge in [0.15, 0.2) is 0 Å². The number of rotatable bonds is 13. The van der Waals surface area contributed by atoms with Crippen molar-refractivity contribution in [3.8, 4) is 0 Å². The van der Waals surface area contributed by atoms with Crippen LogP contribution in [-0.4, -0.2) is 11.0 Å². The first-order chi connectivity index (χ1) is 13.2. The van der Waals surface area contributed by atoms with E-state index in [0.29, 0.717) is 5.41 Å². The van der Waals surface area contributed by atoms with Gasteiger partial charge in [-0.3, -0.25) is 0 Å². The van der Waals surface area contributed by atoms with Crippen LogP contribution in [0.25, 0.3) is 0 Å². The molecular formula is C24H46N2O2. The van der Waals surface area contributed by atoms with E-state index in [2.05, 4.69) is 69.4 Å². The third kappa shape index (κ3) is 13.8. The maximum atomic E-state index is 8.25. The van der Waals surface area contributed by atoms with E-state index >= 15 is 0 Å². The zero-order chi connectivity index (χ0) is 21.5. The average molecular weight is 395 g/mol. The highest BCUT2D eigenvalue weighted by Gasteiger charge is 2.31. The Balaban J connectivity index is 0.00000227. The topological polar surface area (TPSA) is 48.9 Å². The standard InChI is InChI=1S/C23H45N2.CH2O2/c1-7-8-9-10-11-12-13-14-15-16-17-24-18-19-25(21-24)23(5,6)20-22(2,3)4;2-1-3/h18-19,21H,7-17,20H2,1-6H3;1H,(H,2,3)/q+1;/p-1. The Hall–Kier alpha value is -1.32. The smallest absolute Gasteiger partial charge is 0.244 e. The summed E-state index contributed by atoms with van der Waals surface area (Å²) in [6.45, 7) is 14.6. The Kier molecular flexibility index (Phi) is 14.0. The second-order valence-electron chi connectivity index (χ2n) is 9.89. The summed E-state index contributed by atoms with van der Waals surface area (Å²) in [5.74, 6) is 0. The highest BCUT2D eigenvalue weighted by Crippen LogP contribution is 2.31. The van der Waals surface area contributed by atoms with Crippen molar-refractivity contribution < 1.29 is 14.5 Å². The molecule has 1 aromatic rings. The number of imidazole rings is 1. The van der Waals surface area contributed by atoms with Gasteiger partial charge in [-0.1, -0.05) is 79.1 Å². The minimum Gasteiger partial charge on any atom is -0.554 e. The summed E-state index contributed by atoms with van der Waals surface area (Å²) in [6.07, 6.45) is 22.1. The number of hydrogen-bond donors (Lipinski definition) is 0. The summed E-state index contributed by atoms with van der Waals surface area (Å²) in [7, 11) is 0. The summed E-state index contributed by atoms with van der Waals surface area (Å²) in [5.41, 5.74) is 0.538. The van der Waals surface area contributed by atoms with Gasteiger partial charge in [-0.05, 0) is 38.5 Å². The van der Waals surface area contributed by atoms with Gasteiger partial charge in [0.25, 0.3) is 0 Å². The maximum Gasteiger partial charge on any atom is 0.244 e. The highest BCUT2D eigenvalue weighted by atomic mass is 16.3. The lowest BCUT2D eigenvalue weighted by Gasteiger charge is -2.29. The Bertz CT molecular complexity index is 501. The minimum atomic E-state index is -0.500. The molecule has 1 aromatic heterocycles. The summed E-state index contributed by atoms with van der Waals surface area (Å²) >= 11 is 0. The maximum absolute atomic E-state index is 8.25. The van der Waals surface area contributed by atoms with Crippen LogP contribution >= 0.6 is 0 Å². The van der Waals surface area contributed by atoms with Crippen LogP contribution in [0.3, 0.4) is 0 Å². The fourth-order valence-corrected chi connectivity index (χ4v) is 4.06. The van der Waals surface area contributed by atoms with Gasteiger partial charge < -0.3 is 9.90 Å². The van der Waals surface area contributed by atoms with Gasteiger partial charge in [-0.25, -0.2) is 9.13 Å². The molecular weight excluding hydrogens is 348 g/mol. The zero-order valence-corrected chi connectivity index (χ0v) is 19.5. The number of unbranched alkanes of at least 4 members (excludes halogenated alkanes) is 9. The number of carbonyl (C=O) groups is 1. The van der Waals surface area contributed by atoms with Crippen LogP contribution in [0.5, 0.6) is 0 Å². The number of carbonyl (C=O) groups excluding carboxylic acids is 1. The number of aromatic nitrogens is 2. The fraction of sp³-hybridized carbons (Fsp3) is 0.833. The molecule has 1 rings (SSSR count). The largest absolute Gasteiger partial charge is 0.554 e. The zero-order valence-electron chi connectivity index (χ0n) is 19.5. The predicted molar refractivity (Wildman–Crippen MR) is 116 cm³/mol. The van der Waals surface area contributed by atoms with E-state index in [1.54, 1.807) is 0 Å². The van der Waals surface area contributed by atoms with Gasteiger partial charge in [0.1, 0.15) is 17.9 Å². The molecule has 0 aliphatic rings. The van der Waals surface area contributed by atoms with Gasteiger partial charge in [0.2, 0.25) is 6.33 Å². The van der Waals surface area contributed by atoms with Gasteiger partial charge in [-0.2, -0.15) is 0 Å². The molecule has 28 heavy (non-hydrogen) atoms. The SMILES string of the molecule is CCCCCCCCCCCC[n+]1ccn(C(C)(C)CC(C)(C)C)c1.O=C[O-]. The van der Waals surface area contributed by atoms with Crippen LogP contribution in [0.1, 0.15) is 112 Å². The molecule has 4 nitrogen and oxygen atoms in total. The molecule has 0 saturated heterocycles. The molecule has 0 unspecified atom stereocenters. The molecule has 0 fully saturated rings. The van der Waals surface area contributed by atoms with Crippen LogP contribution in [0.2, 0.25) is 0 Å². The Morgan fingerprint density at radius 1 is 0.893 bits per heavy atom. The van der Waals surface area contributed by atoms with Crippen LogP contribution < -0.4 is 9.67 Å². The highest BCUT2D eigenvalue weighted by molar-refractivity contribution is 5.29. The van der Waals surface area contributed by atoms with Crippen molar-refractivity contribution in [2.24, 2.45) is 5.41 Å². The number of hydrogen-bond acceptors (Lipinski definition) is 2. The normalized spacial score (nSPS) is 11.8. The van der Waals surface area contributed by atoms with Gasteiger partial charge >= 0.3 is 0 Å². The van der Waals surface area contributed by atoms with Crippen molar-refractivity contribution in [3.63, 3.8) is 0 Å². The summed E-state index contributed by atoms with van der Waals surface area (Å²) in [4.78, 5) is 8.25. The van der Waals surface area contributed by atoms with E-state index in [1.807, 2.05) is 0 Å². The lowest BCUT2D eigenvalue weighted by Crippen LogP contribution is -2.35. The Morgan fingerprint density at radius 2 is 1.36 bits per heavy atom. The molecule has 0 aromatic carbocycles. The predicted octanol–water partition coefficient (Wildman–Crippen LogP) is 5.23. The number of aryl methyl sites for hydroxylation is 1.